The second kappa shape index (κ2) is 9.21. The molecule has 2 aromatic carbocycles. The van der Waals surface area contributed by atoms with Crippen LogP contribution in [0.25, 0.3) is 0 Å². The molecule has 2 rings (SSSR count). The highest BCUT2D eigenvalue weighted by Crippen LogP contribution is 2.25. The summed E-state index contributed by atoms with van der Waals surface area (Å²) in [6.07, 6.45) is -0.339. The number of ether oxygens (including phenoxy) is 1. The zero-order chi connectivity index (χ0) is 20.7. The van der Waals surface area contributed by atoms with Crippen LogP contribution in [0.3, 0.4) is 0 Å². The molecule has 10 nitrogen and oxygen atoms in total. The molecule has 0 atom stereocenters. The summed E-state index contributed by atoms with van der Waals surface area (Å²) < 4.78 is 5.35. The van der Waals surface area contributed by atoms with Crippen molar-refractivity contribution in [3.8, 4) is 5.75 Å². The lowest BCUT2D eigenvalue weighted by Crippen LogP contribution is -2.21. The number of rotatable bonds is 8. The minimum Gasteiger partial charge on any atom is -0.494 e. The van der Waals surface area contributed by atoms with Crippen molar-refractivity contribution >= 4 is 23.0 Å². The van der Waals surface area contributed by atoms with Crippen LogP contribution in [0.2, 0.25) is 0 Å². The van der Waals surface area contributed by atoms with Crippen molar-refractivity contribution in [3.05, 3.63) is 73.8 Å². The number of benzene rings is 2. The monoisotopic (exact) mass is 386 g/mol. The van der Waals surface area contributed by atoms with Crippen molar-refractivity contribution in [3.63, 3.8) is 0 Å². The minimum atomic E-state index is -0.760. The number of hydrazone groups is 1. The molecule has 0 saturated heterocycles. The number of nitrogens with one attached hydrogen (secondary N) is 1. The van der Waals surface area contributed by atoms with Crippen LogP contribution in [0.15, 0.2) is 47.6 Å². The van der Waals surface area contributed by atoms with Crippen molar-refractivity contribution in [2.45, 2.75) is 20.3 Å². The number of hydrogen-bond donors (Lipinski definition) is 1. The third-order valence-corrected chi connectivity index (χ3v) is 3.76. The fourth-order valence-electron chi connectivity index (χ4n) is 2.37. The zero-order valence-corrected chi connectivity index (χ0v) is 15.2. The number of hydrogen-bond acceptors (Lipinski definition) is 7. The number of carbonyl (C=O) groups excluding carboxylic acids is 1. The normalized spacial score (nSPS) is 11.0. The van der Waals surface area contributed by atoms with Crippen LogP contribution in [-0.2, 0) is 11.2 Å². The second-order valence-electron chi connectivity index (χ2n) is 5.69. The SMILES string of the molecule is CCOc1ccc(/C(C)=N/NC(=O)Cc2ccc([N+](=O)[O-])cc2[N+](=O)[O-])cc1. The van der Waals surface area contributed by atoms with Crippen molar-refractivity contribution in [2.75, 3.05) is 6.61 Å². The van der Waals surface area contributed by atoms with Gasteiger partial charge in [0.2, 0.25) is 5.91 Å². The van der Waals surface area contributed by atoms with E-state index in [1.807, 2.05) is 6.92 Å². The Morgan fingerprint density at radius 2 is 1.79 bits per heavy atom. The van der Waals surface area contributed by atoms with Gasteiger partial charge in [0.1, 0.15) is 5.75 Å². The minimum absolute atomic E-state index is 0.0574. The maximum absolute atomic E-state index is 12.1. The van der Waals surface area contributed by atoms with E-state index in [0.717, 1.165) is 17.7 Å². The van der Waals surface area contributed by atoms with Crippen molar-refractivity contribution in [1.82, 2.24) is 5.43 Å². The highest BCUT2D eigenvalue weighted by Gasteiger charge is 2.21. The quantitative estimate of drug-likeness (QED) is 0.420. The van der Waals surface area contributed by atoms with Gasteiger partial charge >= 0.3 is 0 Å². The largest absolute Gasteiger partial charge is 0.494 e. The van der Waals surface area contributed by atoms with Crippen LogP contribution in [0.1, 0.15) is 25.0 Å². The highest BCUT2D eigenvalue weighted by atomic mass is 16.6. The van der Waals surface area contributed by atoms with Crippen LogP contribution < -0.4 is 10.2 Å². The zero-order valence-electron chi connectivity index (χ0n) is 15.2. The van der Waals surface area contributed by atoms with Gasteiger partial charge < -0.3 is 4.74 Å². The van der Waals surface area contributed by atoms with Crippen molar-refractivity contribution in [2.24, 2.45) is 5.10 Å². The van der Waals surface area contributed by atoms with Gasteiger partial charge in [-0.2, -0.15) is 5.10 Å². The summed E-state index contributed by atoms with van der Waals surface area (Å²) in [4.78, 5) is 32.5. The van der Waals surface area contributed by atoms with Gasteiger partial charge in [0.25, 0.3) is 11.4 Å². The molecule has 0 aliphatic carbocycles. The molecule has 1 amide bonds. The lowest BCUT2D eigenvalue weighted by molar-refractivity contribution is -0.394. The molecular formula is C18H18N4O6. The van der Waals surface area contributed by atoms with E-state index in [9.17, 15) is 25.0 Å². The molecule has 0 aliphatic rings. The molecule has 0 aliphatic heterocycles. The number of nitrogens with zero attached hydrogens (tertiary/aromatic N) is 3. The van der Waals surface area contributed by atoms with Crippen LogP contribution in [0.5, 0.6) is 5.75 Å². The predicted molar refractivity (Wildman–Crippen MR) is 101 cm³/mol. The summed E-state index contributed by atoms with van der Waals surface area (Å²) in [7, 11) is 0. The third kappa shape index (κ3) is 5.34. The first-order valence-electron chi connectivity index (χ1n) is 8.30. The highest BCUT2D eigenvalue weighted by molar-refractivity contribution is 5.99. The number of nitro groups is 2. The topological polar surface area (TPSA) is 137 Å². The second-order valence-corrected chi connectivity index (χ2v) is 5.69. The Morgan fingerprint density at radius 3 is 2.36 bits per heavy atom. The van der Waals surface area contributed by atoms with Crippen LogP contribution in [0, 0.1) is 20.2 Å². The first kappa shape index (κ1) is 20.5. The van der Waals surface area contributed by atoms with E-state index in [4.69, 9.17) is 4.74 Å². The van der Waals surface area contributed by atoms with Crippen molar-refractivity contribution in [1.29, 1.82) is 0 Å². The third-order valence-electron chi connectivity index (χ3n) is 3.76. The lowest BCUT2D eigenvalue weighted by atomic mass is 10.1. The molecule has 0 unspecified atom stereocenters. The van der Waals surface area contributed by atoms with Crippen LogP contribution in [0.4, 0.5) is 11.4 Å². The summed E-state index contributed by atoms with van der Waals surface area (Å²) in [5.74, 6) is 0.135. The average Bonchev–Trinajstić information content (AvgIpc) is 2.67. The molecular weight excluding hydrogens is 368 g/mol. The van der Waals surface area contributed by atoms with Gasteiger partial charge in [0, 0.05) is 11.6 Å². The number of amides is 1. The molecule has 0 bridgehead atoms. The standard InChI is InChI=1S/C18H18N4O6/c1-3-28-16-8-5-13(6-9-16)12(2)19-20-18(23)10-14-4-7-15(21(24)25)11-17(14)22(26)27/h4-9,11H,3,10H2,1-2H3,(H,20,23)/b19-12+. The number of non-ortho nitro benzene ring substituents is 1. The Kier molecular flexibility index (Phi) is 6.74. The van der Waals surface area contributed by atoms with E-state index in [-0.39, 0.29) is 12.0 Å². The van der Waals surface area contributed by atoms with Gasteiger partial charge in [-0.05, 0) is 49.7 Å². The summed E-state index contributed by atoms with van der Waals surface area (Å²) in [6, 6.07) is 10.3. The number of carbonyl (C=O) groups is 1. The smallest absolute Gasteiger partial charge is 0.279 e. The molecule has 2 aromatic rings. The molecule has 0 aromatic heterocycles. The molecule has 28 heavy (non-hydrogen) atoms. The summed E-state index contributed by atoms with van der Waals surface area (Å²) >= 11 is 0. The number of nitro benzene ring substituents is 2. The molecule has 1 N–H and O–H groups in total. The van der Waals surface area contributed by atoms with Crippen molar-refractivity contribution < 1.29 is 19.4 Å². The summed E-state index contributed by atoms with van der Waals surface area (Å²) in [5, 5.41) is 25.9. The van der Waals surface area contributed by atoms with E-state index in [1.165, 1.54) is 6.07 Å². The Bertz CT molecular complexity index is 924. The van der Waals surface area contributed by atoms with E-state index in [1.54, 1.807) is 31.2 Å². The molecule has 146 valence electrons. The molecule has 0 heterocycles. The Labute approximate surface area is 160 Å². The Morgan fingerprint density at radius 1 is 1.11 bits per heavy atom. The first-order valence-corrected chi connectivity index (χ1v) is 8.30. The maximum atomic E-state index is 12.1. The molecule has 0 radical (unpaired) electrons. The van der Waals surface area contributed by atoms with E-state index in [0.29, 0.717) is 18.1 Å². The molecule has 0 fully saturated rings. The van der Waals surface area contributed by atoms with E-state index >= 15 is 0 Å². The van der Waals surface area contributed by atoms with E-state index in [2.05, 4.69) is 10.5 Å². The Hall–Kier alpha value is -3.82. The lowest BCUT2D eigenvalue weighted by Gasteiger charge is -2.06. The van der Waals surface area contributed by atoms with Crippen LogP contribution in [-0.4, -0.2) is 28.1 Å². The predicted octanol–water partition coefficient (Wildman–Crippen LogP) is 2.98. The summed E-state index contributed by atoms with van der Waals surface area (Å²) in [6.45, 7) is 4.13. The maximum Gasteiger partial charge on any atom is 0.279 e. The molecule has 0 spiro atoms. The summed E-state index contributed by atoms with van der Waals surface area (Å²) in [5.41, 5.74) is 2.79. The van der Waals surface area contributed by atoms with Gasteiger partial charge in [-0.25, -0.2) is 5.43 Å². The fraction of sp³-hybridized carbons (Fsp3) is 0.222. The van der Waals surface area contributed by atoms with Gasteiger partial charge in [0.15, 0.2) is 0 Å². The molecule has 0 saturated carbocycles. The van der Waals surface area contributed by atoms with Gasteiger partial charge in [0.05, 0.1) is 34.7 Å². The Balaban J connectivity index is 2.08. The fourth-order valence-corrected chi connectivity index (χ4v) is 2.37. The van der Waals surface area contributed by atoms with Gasteiger partial charge in [-0.1, -0.05) is 0 Å². The first-order chi connectivity index (χ1) is 13.3. The van der Waals surface area contributed by atoms with E-state index < -0.39 is 27.1 Å². The van der Waals surface area contributed by atoms with Gasteiger partial charge in [-0.15, -0.1) is 0 Å². The van der Waals surface area contributed by atoms with Gasteiger partial charge in [-0.3, -0.25) is 25.0 Å². The average molecular weight is 386 g/mol. The van der Waals surface area contributed by atoms with Crippen LogP contribution >= 0.6 is 0 Å². The molecule has 10 heteroatoms.